The number of fused-ring (bicyclic) bond motifs is 2. The molecule has 58 heavy (non-hydrogen) atoms. The van der Waals surface area contributed by atoms with E-state index < -0.39 is 105 Å². The second kappa shape index (κ2) is 16.1. The zero-order valence-corrected chi connectivity index (χ0v) is 33.6. The molecule has 31 nitrogen and oxygen atoms in total. The number of phosphoric ester groups is 3. The van der Waals surface area contributed by atoms with E-state index >= 15 is 0 Å². The SMILES string of the molecule is Cn1c[n+]([C@@H]2O[C@H](COP(=O)(O)OP(=O)(O)OP(=O)(O)OC[C@H]3O[C@@H]([n+]4cn(C)c5c(=O)[nH]c(N)nc54)C(O)[C@H]3OP(=O)(O)OS)C(O)C2O)c2nc(N)[nH]c(=O)c21. The standard InChI is InChI=1S/C22H32N10O21P4S/c1-29-5-31(15-9(29)17(36)27-21(23)25-15)19-12(34)11(33)7(48-19)3-46-54(38,39)51-57(44,45)52-55(40,41)47-4-8-14(50-56(42,43)53-58)13(35)20(49-8)32-6-30(2)10-16(32)26-22(24)28-18(10)37/h5-8,11-14,19-20,33-35H,3-4H2,1-2H3,(H9-2,23,24,25,26,27,28,36,37,38,39,40,41,42,43,44,45,58)/p+2/t7-,8-,11?,12?,13?,14+,19-,20-/m1/s1. The van der Waals surface area contributed by atoms with Crippen LogP contribution >= 0.6 is 44.2 Å². The maximum atomic E-state index is 12.8. The van der Waals surface area contributed by atoms with Gasteiger partial charge in [-0.3, -0.25) is 42.3 Å². The van der Waals surface area contributed by atoms with Crippen molar-refractivity contribution < 1.29 is 97.9 Å². The number of aromatic amines is 2. The summed E-state index contributed by atoms with van der Waals surface area (Å²) in [6.45, 7) is -2.39. The molecule has 2 aliphatic rings. The van der Waals surface area contributed by atoms with E-state index in [1.165, 1.54) is 35.9 Å². The predicted molar refractivity (Wildman–Crippen MR) is 186 cm³/mol. The number of thiol groups is 1. The zero-order valence-electron chi connectivity index (χ0n) is 29.1. The highest BCUT2D eigenvalue weighted by Gasteiger charge is 2.53. The van der Waals surface area contributed by atoms with Gasteiger partial charge in [-0.15, -0.1) is 0 Å². The Morgan fingerprint density at radius 1 is 0.741 bits per heavy atom. The fraction of sp³-hybridized carbons (Fsp3) is 0.545. The van der Waals surface area contributed by atoms with E-state index in [2.05, 4.69) is 54.5 Å². The molecule has 6 heterocycles. The minimum Gasteiger partial charge on any atom is -0.387 e. The molecule has 0 bridgehead atoms. The number of H-pyrrole nitrogens is 2. The van der Waals surface area contributed by atoms with E-state index in [1.807, 2.05) is 0 Å². The van der Waals surface area contributed by atoms with Crippen LogP contribution < -0.4 is 31.7 Å². The molecule has 322 valence electrons. The number of nitrogens with zero attached hydrogens (tertiary/aromatic N) is 6. The van der Waals surface area contributed by atoms with Gasteiger partial charge in [0.15, 0.2) is 12.7 Å². The first-order chi connectivity index (χ1) is 26.8. The molecule has 13 N–H and O–H groups in total. The quantitative estimate of drug-likeness (QED) is 0.0233. The summed E-state index contributed by atoms with van der Waals surface area (Å²) in [5.41, 5.74) is 9.53. The molecule has 7 unspecified atom stereocenters. The van der Waals surface area contributed by atoms with Crippen LogP contribution in [0.5, 0.6) is 0 Å². The molecule has 2 fully saturated rings. The maximum absolute atomic E-state index is 12.8. The average Bonchev–Trinajstić information content (AvgIpc) is 3.78. The summed E-state index contributed by atoms with van der Waals surface area (Å²) in [6, 6.07) is 0. The van der Waals surface area contributed by atoms with Gasteiger partial charge in [0.25, 0.3) is 23.0 Å². The minimum atomic E-state index is -6.12. The summed E-state index contributed by atoms with van der Waals surface area (Å²) in [6.07, 6.45) is -11.8. The molecule has 6 rings (SSSR count). The van der Waals surface area contributed by atoms with Gasteiger partial charge in [-0.2, -0.15) is 8.62 Å². The lowest BCUT2D eigenvalue weighted by Gasteiger charge is -2.23. The number of ether oxygens (including phenoxy) is 2. The Morgan fingerprint density at radius 2 is 1.17 bits per heavy atom. The van der Waals surface area contributed by atoms with Gasteiger partial charge in [0.2, 0.25) is 23.5 Å². The van der Waals surface area contributed by atoms with Gasteiger partial charge in [-0.25, -0.2) is 31.4 Å². The highest BCUT2D eigenvalue weighted by Crippen LogP contribution is 2.68. The van der Waals surface area contributed by atoms with Gasteiger partial charge >= 0.3 is 42.6 Å². The number of nitrogen functional groups attached to an aromatic ring is 2. The van der Waals surface area contributed by atoms with Gasteiger partial charge in [-0.1, -0.05) is 9.97 Å². The van der Waals surface area contributed by atoms with Crippen molar-refractivity contribution in [3.63, 3.8) is 0 Å². The molecule has 0 radical (unpaired) electrons. The molecule has 0 saturated carbocycles. The fourth-order valence-corrected chi connectivity index (χ4v) is 10.3. The molecule has 0 aliphatic carbocycles. The van der Waals surface area contributed by atoms with Gasteiger partial charge in [0.05, 0.1) is 27.3 Å². The zero-order chi connectivity index (χ0) is 42.9. The summed E-state index contributed by atoms with van der Waals surface area (Å²) in [7, 11) is -20.0. The first kappa shape index (κ1) is 44.5. The Morgan fingerprint density at radius 3 is 1.64 bits per heavy atom. The second-order valence-corrected chi connectivity index (χ2v) is 18.8. The van der Waals surface area contributed by atoms with Crippen molar-refractivity contribution in [2.75, 3.05) is 24.7 Å². The van der Waals surface area contributed by atoms with Crippen LogP contribution in [0.25, 0.3) is 22.3 Å². The van der Waals surface area contributed by atoms with Gasteiger partial charge in [-0.05, 0) is 12.9 Å². The molecule has 0 amide bonds. The van der Waals surface area contributed by atoms with Crippen LogP contribution in [0.1, 0.15) is 12.5 Å². The lowest BCUT2D eigenvalue weighted by molar-refractivity contribution is -0.746. The number of phosphoric acid groups is 4. The van der Waals surface area contributed by atoms with Crippen LogP contribution in [0.4, 0.5) is 11.9 Å². The number of hydrogen-bond donors (Lipinski definition) is 12. The van der Waals surface area contributed by atoms with Crippen molar-refractivity contribution >= 4 is 78.4 Å². The number of nitrogens with two attached hydrogens (primary N) is 2. The summed E-state index contributed by atoms with van der Waals surface area (Å²) in [5.74, 6) is -0.656. The number of aliphatic hydroxyl groups excluding tert-OH is 3. The van der Waals surface area contributed by atoms with E-state index in [0.717, 1.165) is 9.13 Å². The third kappa shape index (κ3) is 9.16. The van der Waals surface area contributed by atoms with Crippen LogP contribution in [0, 0.1) is 0 Å². The van der Waals surface area contributed by atoms with Crippen LogP contribution in [0.15, 0.2) is 22.2 Å². The number of anilines is 2. The lowest BCUT2D eigenvalue weighted by Crippen LogP contribution is -2.46. The van der Waals surface area contributed by atoms with E-state index in [0.29, 0.717) is 0 Å². The summed E-state index contributed by atoms with van der Waals surface area (Å²) in [5, 5.41) is 32.3. The topological polar surface area (TPSA) is 445 Å². The molecule has 0 spiro atoms. The molecule has 2 aliphatic heterocycles. The van der Waals surface area contributed by atoms with Crippen molar-refractivity contribution in [2.24, 2.45) is 14.1 Å². The Balaban J connectivity index is 1.11. The smallest absolute Gasteiger partial charge is 0.387 e. The summed E-state index contributed by atoms with van der Waals surface area (Å²) < 4.78 is 92.5. The number of aromatic nitrogens is 8. The monoisotopic (exact) mass is 930 g/mol. The first-order valence-electron chi connectivity index (χ1n) is 15.7. The van der Waals surface area contributed by atoms with Crippen molar-refractivity contribution in [3.05, 3.63) is 33.4 Å². The van der Waals surface area contributed by atoms with Crippen LogP contribution in [-0.2, 0) is 68.0 Å². The first-order valence-corrected chi connectivity index (χ1v) is 22.1. The highest BCUT2D eigenvalue weighted by atomic mass is 32.1. The molecule has 36 heteroatoms. The number of nitrogens with one attached hydrogen (secondary N) is 2. The highest BCUT2D eigenvalue weighted by molar-refractivity contribution is 7.80. The van der Waals surface area contributed by atoms with E-state index in [9.17, 15) is 62.7 Å². The second-order valence-electron chi connectivity index (χ2n) is 12.4. The van der Waals surface area contributed by atoms with E-state index in [-0.39, 0.29) is 34.2 Å². The van der Waals surface area contributed by atoms with Crippen LogP contribution in [0.2, 0.25) is 0 Å². The summed E-state index contributed by atoms with van der Waals surface area (Å²) in [4.78, 5) is 77.7. The van der Waals surface area contributed by atoms with E-state index in [4.69, 9.17) is 25.5 Å². The van der Waals surface area contributed by atoms with Gasteiger partial charge in [0.1, 0.15) is 36.6 Å². The Hall–Kier alpha value is -3.03. The Kier molecular flexibility index (Phi) is 12.4. The third-order valence-corrected chi connectivity index (χ3v) is 13.9. The Labute approximate surface area is 326 Å². The maximum Gasteiger partial charge on any atom is 0.490 e. The lowest BCUT2D eigenvalue weighted by atomic mass is 10.1. The summed E-state index contributed by atoms with van der Waals surface area (Å²) >= 11 is 3.22. The fourth-order valence-electron chi connectivity index (χ4n) is 6.05. The van der Waals surface area contributed by atoms with Crippen LogP contribution in [-0.4, -0.2) is 114 Å². The van der Waals surface area contributed by atoms with Crippen molar-refractivity contribution in [3.8, 4) is 0 Å². The molecular weight excluding hydrogens is 896 g/mol. The molecule has 12 atom stereocenters. The Bertz CT molecular complexity index is 2550. The predicted octanol–water partition coefficient (Wildman–Crippen LogP) is -4.13. The number of aryl methyl sites for hydroxylation is 2. The number of hydrogen-bond acceptors (Lipinski definition) is 22. The number of imidazole rings is 2. The van der Waals surface area contributed by atoms with Crippen molar-refractivity contribution in [2.45, 2.75) is 49.1 Å². The number of aliphatic hydroxyl groups is 3. The van der Waals surface area contributed by atoms with Crippen molar-refractivity contribution in [1.29, 1.82) is 0 Å². The third-order valence-electron chi connectivity index (χ3n) is 8.35. The van der Waals surface area contributed by atoms with E-state index in [1.54, 1.807) is 0 Å². The molecule has 4 aromatic rings. The normalized spacial score (nSPS) is 29.3. The molecular formula is C22H34N10O21P4S+2. The van der Waals surface area contributed by atoms with Gasteiger partial charge < -0.3 is 55.8 Å². The molecule has 2 saturated heterocycles. The van der Waals surface area contributed by atoms with Crippen molar-refractivity contribution in [1.82, 2.24) is 29.1 Å². The average molecular weight is 931 g/mol. The minimum absolute atomic E-state index is 0.0108. The van der Waals surface area contributed by atoms with Crippen LogP contribution in [0.3, 0.4) is 0 Å². The van der Waals surface area contributed by atoms with Gasteiger partial charge in [0, 0.05) is 0 Å². The number of rotatable bonds is 15. The molecule has 0 aromatic carbocycles. The molecule has 4 aromatic heterocycles. The largest absolute Gasteiger partial charge is 0.490 e.